The van der Waals surface area contributed by atoms with Crippen LogP contribution in [0.1, 0.15) is 50.8 Å². The molecule has 15 heavy (non-hydrogen) atoms. The molecule has 0 saturated heterocycles. The summed E-state index contributed by atoms with van der Waals surface area (Å²) >= 11 is 1.32. The predicted molar refractivity (Wildman–Crippen MR) is 60.6 cm³/mol. The van der Waals surface area contributed by atoms with Crippen LogP contribution in [0.3, 0.4) is 0 Å². The molecule has 0 spiro atoms. The summed E-state index contributed by atoms with van der Waals surface area (Å²) in [5, 5.41) is 15.9. The van der Waals surface area contributed by atoms with Crippen LogP contribution in [0.25, 0.3) is 0 Å². The van der Waals surface area contributed by atoms with Crippen LogP contribution in [0.5, 0.6) is 0 Å². The van der Waals surface area contributed by atoms with E-state index in [2.05, 4.69) is 16.5 Å². The van der Waals surface area contributed by atoms with Crippen LogP contribution < -0.4 is 0 Å². The number of rotatable bonds is 3. The standard InChI is InChI=1S/C11H18N2OS/c1-2-8-3-5-9(6-4-8)11(14)10-7-15-13-12-10/h7-9,11,14H,2-6H2,1H3. The van der Waals surface area contributed by atoms with E-state index in [1.807, 2.05) is 5.38 Å². The normalized spacial score (nSPS) is 28.9. The van der Waals surface area contributed by atoms with Crippen molar-refractivity contribution < 1.29 is 5.11 Å². The third kappa shape index (κ3) is 2.55. The van der Waals surface area contributed by atoms with E-state index in [1.54, 1.807) is 0 Å². The van der Waals surface area contributed by atoms with Gasteiger partial charge in [0.05, 0.1) is 0 Å². The summed E-state index contributed by atoms with van der Waals surface area (Å²) in [6, 6.07) is 0. The minimum absolute atomic E-state index is 0.387. The van der Waals surface area contributed by atoms with Crippen molar-refractivity contribution in [1.82, 2.24) is 9.59 Å². The first kappa shape index (κ1) is 11.0. The van der Waals surface area contributed by atoms with Crippen molar-refractivity contribution in [2.24, 2.45) is 11.8 Å². The molecule has 1 aliphatic carbocycles. The monoisotopic (exact) mass is 226 g/mol. The molecule has 4 heteroatoms. The largest absolute Gasteiger partial charge is 0.386 e. The molecule has 2 rings (SSSR count). The van der Waals surface area contributed by atoms with Crippen molar-refractivity contribution >= 4 is 11.5 Å². The summed E-state index contributed by atoms with van der Waals surface area (Å²) in [7, 11) is 0. The Morgan fingerprint density at radius 2 is 2.20 bits per heavy atom. The Bertz CT molecular complexity index is 281. The van der Waals surface area contributed by atoms with E-state index >= 15 is 0 Å². The molecule has 3 nitrogen and oxygen atoms in total. The summed E-state index contributed by atoms with van der Waals surface area (Å²) in [6.07, 6.45) is 5.68. The third-order valence-corrected chi connectivity index (χ3v) is 4.12. The SMILES string of the molecule is CCC1CCC(C(O)c2csnn2)CC1. The Morgan fingerprint density at radius 1 is 1.47 bits per heavy atom. The van der Waals surface area contributed by atoms with Gasteiger partial charge in [0.25, 0.3) is 0 Å². The molecule has 84 valence electrons. The topological polar surface area (TPSA) is 46.0 Å². The summed E-state index contributed by atoms with van der Waals surface area (Å²) in [6.45, 7) is 2.26. The zero-order valence-corrected chi connectivity index (χ0v) is 9.91. The Morgan fingerprint density at radius 3 is 2.73 bits per heavy atom. The van der Waals surface area contributed by atoms with Crippen molar-refractivity contribution in [3.63, 3.8) is 0 Å². The number of aliphatic hydroxyl groups is 1. The summed E-state index contributed by atoms with van der Waals surface area (Å²) in [5.74, 6) is 1.28. The lowest BCUT2D eigenvalue weighted by atomic mass is 9.78. The summed E-state index contributed by atoms with van der Waals surface area (Å²) in [5.41, 5.74) is 0.764. The van der Waals surface area contributed by atoms with Gasteiger partial charge < -0.3 is 5.11 Å². The Balaban J connectivity index is 1.90. The third-order valence-electron chi connectivity index (χ3n) is 3.60. The van der Waals surface area contributed by atoms with Crippen molar-refractivity contribution in [1.29, 1.82) is 0 Å². The fourth-order valence-electron chi connectivity index (χ4n) is 2.45. The van der Waals surface area contributed by atoms with E-state index in [0.717, 1.165) is 24.5 Å². The second-order valence-corrected chi connectivity index (χ2v) is 5.07. The summed E-state index contributed by atoms with van der Waals surface area (Å²) in [4.78, 5) is 0. The van der Waals surface area contributed by atoms with E-state index < -0.39 is 0 Å². The maximum atomic E-state index is 10.1. The lowest BCUT2D eigenvalue weighted by Crippen LogP contribution is -2.20. The average Bonchev–Trinajstić information content (AvgIpc) is 2.82. The molecular formula is C11H18N2OS. The fourth-order valence-corrected chi connectivity index (χ4v) is 2.94. The van der Waals surface area contributed by atoms with Gasteiger partial charge in [-0.3, -0.25) is 0 Å². The molecule has 0 radical (unpaired) electrons. The first-order chi connectivity index (χ1) is 7.31. The van der Waals surface area contributed by atoms with Gasteiger partial charge in [0.1, 0.15) is 11.8 Å². The van der Waals surface area contributed by atoms with Gasteiger partial charge in [-0.1, -0.05) is 30.7 Å². The molecule has 1 heterocycles. The molecule has 1 aromatic heterocycles. The van der Waals surface area contributed by atoms with Gasteiger partial charge in [0.15, 0.2) is 0 Å². The van der Waals surface area contributed by atoms with E-state index in [9.17, 15) is 5.11 Å². The van der Waals surface area contributed by atoms with Crippen molar-refractivity contribution in [2.45, 2.75) is 45.1 Å². The molecule has 1 N–H and O–H groups in total. The van der Waals surface area contributed by atoms with Crippen LogP contribution in [0.4, 0.5) is 0 Å². The smallest absolute Gasteiger partial charge is 0.104 e. The first-order valence-electron chi connectivity index (χ1n) is 5.76. The van der Waals surface area contributed by atoms with Crippen LogP contribution in [0.2, 0.25) is 0 Å². The van der Waals surface area contributed by atoms with Gasteiger partial charge in [0.2, 0.25) is 0 Å². The maximum Gasteiger partial charge on any atom is 0.104 e. The number of nitrogens with zero attached hydrogens (tertiary/aromatic N) is 2. The molecule has 1 atom stereocenters. The second kappa shape index (κ2) is 5.03. The van der Waals surface area contributed by atoms with E-state index in [0.29, 0.717) is 5.92 Å². The Labute approximate surface area is 94.7 Å². The number of aliphatic hydroxyl groups excluding tert-OH is 1. The van der Waals surface area contributed by atoms with Crippen LogP contribution in [0, 0.1) is 11.8 Å². The van der Waals surface area contributed by atoms with Gasteiger partial charge in [-0.15, -0.1) is 5.10 Å². The van der Waals surface area contributed by atoms with Crippen LogP contribution in [-0.4, -0.2) is 14.7 Å². The molecule has 0 aromatic carbocycles. The Kier molecular flexibility index (Phi) is 3.70. The highest BCUT2D eigenvalue weighted by molar-refractivity contribution is 7.03. The lowest BCUT2D eigenvalue weighted by Gasteiger charge is -2.30. The quantitative estimate of drug-likeness (QED) is 0.862. The van der Waals surface area contributed by atoms with Gasteiger partial charge in [0, 0.05) is 5.38 Å². The maximum absolute atomic E-state index is 10.1. The molecule has 1 unspecified atom stereocenters. The molecular weight excluding hydrogens is 208 g/mol. The van der Waals surface area contributed by atoms with E-state index in [-0.39, 0.29) is 6.10 Å². The minimum Gasteiger partial charge on any atom is -0.386 e. The van der Waals surface area contributed by atoms with Crippen molar-refractivity contribution in [3.8, 4) is 0 Å². The first-order valence-corrected chi connectivity index (χ1v) is 6.60. The Hall–Kier alpha value is -0.480. The second-order valence-electron chi connectivity index (χ2n) is 4.46. The van der Waals surface area contributed by atoms with Gasteiger partial charge >= 0.3 is 0 Å². The van der Waals surface area contributed by atoms with Gasteiger partial charge in [-0.25, -0.2) is 0 Å². The highest BCUT2D eigenvalue weighted by Crippen LogP contribution is 2.37. The number of hydrogen-bond acceptors (Lipinski definition) is 4. The number of hydrogen-bond donors (Lipinski definition) is 1. The van der Waals surface area contributed by atoms with Crippen molar-refractivity contribution in [3.05, 3.63) is 11.1 Å². The zero-order valence-electron chi connectivity index (χ0n) is 9.09. The van der Waals surface area contributed by atoms with Crippen molar-refractivity contribution in [2.75, 3.05) is 0 Å². The number of aromatic nitrogens is 2. The van der Waals surface area contributed by atoms with Gasteiger partial charge in [-0.05, 0) is 36.2 Å². The van der Waals surface area contributed by atoms with E-state index in [1.165, 1.54) is 30.8 Å². The van der Waals surface area contributed by atoms with E-state index in [4.69, 9.17) is 0 Å². The van der Waals surface area contributed by atoms with Gasteiger partial charge in [-0.2, -0.15) is 0 Å². The van der Waals surface area contributed by atoms with Crippen LogP contribution in [0.15, 0.2) is 5.38 Å². The molecule has 1 fully saturated rings. The highest BCUT2D eigenvalue weighted by Gasteiger charge is 2.27. The minimum atomic E-state index is -0.387. The highest BCUT2D eigenvalue weighted by atomic mass is 32.1. The zero-order chi connectivity index (χ0) is 10.7. The van der Waals surface area contributed by atoms with Crippen LogP contribution >= 0.6 is 11.5 Å². The molecule has 0 aliphatic heterocycles. The average molecular weight is 226 g/mol. The molecule has 1 saturated carbocycles. The molecule has 1 aromatic rings. The molecule has 0 bridgehead atoms. The lowest BCUT2D eigenvalue weighted by molar-refractivity contribution is 0.0696. The molecule has 0 amide bonds. The fraction of sp³-hybridized carbons (Fsp3) is 0.818. The predicted octanol–water partition coefficient (Wildman–Crippen LogP) is 2.79. The molecule has 1 aliphatic rings. The summed E-state index contributed by atoms with van der Waals surface area (Å²) < 4.78 is 3.80. The van der Waals surface area contributed by atoms with Crippen LogP contribution in [-0.2, 0) is 0 Å².